The molecule has 2 aromatic carbocycles. The number of aromatic nitrogens is 1. The van der Waals surface area contributed by atoms with E-state index in [1.54, 1.807) is 6.07 Å². The van der Waals surface area contributed by atoms with Crippen molar-refractivity contribution in [3.63, 3.8) is 0 Å². The van der Waals surface area contributed by atoms with Gasteiger partial charge in [0.1, 0.15) is 23.3 Å². The summed E-state index contributed by atoms with van der Waals surface area (Å²) in [5.74, 6) is 2.10. The molecular formula is C29H33N2O3Pt-. The molecular weight excluding hydrogens is 619 g/mol. The van der Waals surface area contributed by atoms with E-state index in [1.165, 1.54) is 12.8 Å². The standard InChI is InChI=1S/C29H33N2O3.Pt/c1-17(2)20-13-21(28-30-23-7-6-10-29(4,5)16-25(23)34-28)15-22(14-20)33-26-9-8-19-11-18(3)12-24(32)27(19)31-26;/h8-9,11-14,17,23,25,32H,6-7,10,16H2,1-5H3;/q-1;/t23-,25+;/m0./s1. The number of nitrogens with zero attached hydrogens (tertiary/aromatic N) is 2. The summed E-state index contributed by atoms with van der Waals surface area (Å²) >= 11 is 0. The molecule has 0 spiro atoms. The van der Waals surface area contributed by atoms with Crippen molar-refractivity contribution < 1.29 is 35.6 Å². The second kappa shape index (κ2) is 9.93. The first-order valence-electron chi connectivity index (χ1n) is 12.3. The van der Waals surface area contributed by atoms with Crippen molar-refractivity contribution in [2.75, 3.05) is 0 Å². The smallest absolute Gasteiger partial charge is 0.217 e. The predicted octanol–water partition coefficient (Wildman–Crippen LogP) is 7.08. The summed E-state index contributed by atoms with van der Waals surface area (Å²) in [5.41, 5.74) is 3.73. The number of aromatic hydroxyl groups is 1. The number of pyridine rings is 1. The number of aliphatic imine (C=N–C) groups is 1. The van der Waals surface area contributed by atoms with Crippen LogP contribution >= 0.6 is 0 Å². The largest absolute Gasteiger partial charge is 0.515 e. The van der Waals surface area contributed by atoms with E-state index in [0.717, 1.165) is 34.9 Å². The number of phenolic OH excluding ortho intramolecular Hbond substituents is 1. The van der Waals surface area contributed by atoms with Gasteiger partial charge in [0.25, 0.3) is 0 Å². The van der Waals surface area contributed by atoms with Crippen molar-refractivity contribution in [2.24, 2.45) is 10.4 Å². The number of aryl methyl sites for hydroxylation is 1. The molecule has 188 valence electrons. The molecule has 0 radical (unpaired) electrons. The summed E-state index contributed by atoms with van der Waals surface area (Å²) in [5, 5.41) is 11.2. The molecule has 5 rings (SSSR count). The van der Waals surface area contributed by atoms with Gasteiger partial charge in [-0.3, -0.25) is 4.99 Å². The van der Waals surface area contributed by atoms with Crippen molar-refractivity contribution >= 4 is 16.8 Å². The molecule has 2 heterocycles. The maximum atomic E-state index is 10.3. The zero-order valence-corrected chi connectivity index (χ0v) is 23.3. The Balaban J connectivity index is 0.00000289. The number of phenols is 1. The molecule has 1 fully saturated rings. The Hall–Kier alpha value is -2.39. The summed E-state index contributed by atoms with van der Waals surface area (Å²) in [6.07, 6.45) is 4.60. The van der Waals surface area contributed by atoms with E-state index in [1.807, 2.05) is 31.2 Å². The van der Waals surface area contributed by atoms with Crippen LogP contribution in [0, 0.1) is 18.4 Å². The molecule has 35 heavy (non-hydrogen) atoms. The van der Waals surface area contributed by atoms with E-state index >= 15 is 0 Å². The molecule has 1 aliphatic carbocycles. The molecule has 1 aromatic heterocycles. The maximum absolute atomic E-state index is 10.3. The first-order valence-corrected chi connectivity index (χ1v) is 12.3. The van der Waals surface area contributed by atoms with E-state index in [9.17, 15) is 5.11 Å². The molecule has 1 aliphatic heterocycles. The molecule has 0 bridgehead atoms. The third kappa shape index (κ3) is 5.56. The first kappa shape index (κ1) is 25.7. The summed E-state index contributed by atoms with van der Waals surface area (Å²) < 4.78 is 12.6. The zero-order valence-electron chi connectivity index (χ0n) is 21.0. The molecule has 1 N–H and O–H groups in total. The van der Waals surface area contributed by atoms with Crippen LogP contribution in [0.2, 0.25) is 0 Å². The van der Waals surface area contributed by atoms with Crippen molar-refractivity contribution in [3.8, 4) is 17.4 Å². The second-order valence-electron chi connectivity index (χ2n) is 10.9. The van der Waals surface area contributed by atoms with Gasteiger partial charge in [-0.15, -0.1) is 11.6 Å². The van der Waals surface area contributed by atoms with Crippen LogP contribution in [0.15, 0.2) is 41.4 Å². The van der Waals surface area contributed by atoms with Gasteiger partial charge in [0.2, 0.25) is 5.88 Å². The SMILES string of the molecule is Cc1cc(O)c2nc(Oc3[c-]c(C4=N[C@H]5CCCC(C)(C)C[C@H]5O4)cc(C(C)C)c3)ccc2c1.[Pt]. The third-order valence-corrected chi connectivity index (χ3v) is 6.95. The molecule has 0 unspecified atom stereocenters. The maximum Gasteiger partial charge on any atom is 0.217 e. The summed E-state index contributed by atoms with van der Waals surface area (Å²) in [6.45, 7) is 10.9. The number of hydrogen-bond donors (Lipinski definition) is 1. The average Bonchev–Trinajstić information content (AvgIpc) is 3.09. The van der Waals surface area contributed by atoms with Crippen LogP contribution in [0.4, 0.5) is 0 Å². The van der Waals surface area contributed by atoms with Crippen LogP contribution in [0.25, 0.3) is 10.9 Å². The van der Waals surface area contributed by atoms with Crippen LogP contribution in [0.1, 0.15) is 76.0 Å². The van der Waals surface area contributed by atoms with E-state index in [0.29, 0.717) is 29.0 Å². The predicted molar refractivity (Wildman–Crippen MR) is 135 cm³/mol. The van der Waals surface area contributed by atoms with Crippen LogP contribution in [-0.2, 0) is 25.8 Å². The molecule has 2 atom stereocenters. The minimum absolute atomic E-state index is 0. The fourth-order valence-electron chi connectivity index (χ4n) is 5.07. The summed E-state index contributed by atoms with van der Waals surface area (Å²) in [4.78, 5) is 9.52. The Morgan fingerprint density at radius 3 is 2.74 bits per heavy atom. The topological polar surface area (TPSA) is 63.9 Å². The normalized spacial score (nSPS) is 21.0. The first-order chi connectivity index (χ1) is 16.2. The number of rotatable bonds is 4. The summed E-state index contributed by atoms with van der Waals surface area (Å²) in [7, 11) is 0. The quantitative estimate of drug-likeness (QED) is 0.306. The molecule has 0 saturated heterocycles. The molecule has 3 aromatic rings. The van der Waals surface area contributed by atoms with Crippen LogP contribution in [0.5, 0.6) is 17.4 Å². The summed E-state index contributed by atoms with van der Waals surface area (Å²) in [6, 6.07) is 15.1. The van der Waals surface area contributed by atoms with Crippen LogP contribution < -0.4 is 4.74 Å². The van der Waals surface area contributed by atoms with Gasteiger partial charge in [-0.2, -0.15) is 0 Å². The van der Waals surface area contributed by atoms with Crippen LogP contribution in [0.3, 0.4) is 0 Å². The minimum Gasteiger partial charge on any atom is -0.515 e. The molecule has 6 heteroatoms. The van der Waals surface area contributed by atoms with E-state index < -0.39 is 0 Å². The van der Waals surface area contributed by atoms with Gasteiger partial charge in [-0.05, 0) is 61.3 Å². The van der Waals surface area contributed by atoms with Crippen molar-refractivity contribution in [3.05, 3.63) is 59.2 Å². The Morgan fingerprint density at radius 1 is 1.17 bits per heavy atom. The number of ether oxygens (including phenoxy) is 2. The van der Waals surface area contributed by atoms with Gasteiger partial charge < -0.3 is 14.6 Å². The van der Waals surface area contributed by atoms with E-state index in [-0.39, 0.29) is 44.4 Å². The number of hydrogen-bond acceptors (Lipinski definition) is 5. The second-order valence-corrected chi connectivity index (χ2v) is 10.9. The average molecular weight is 653 g/mol. The number of benzene rings is 2. The van der Waals surface area contributed by atoms with Crippen molar-refractivity contribution in [2.45, 2.75) is 78.4 Å². The van der Waals surface area contributed by atoms with E-state index in [2.05, 4.69) is 44.8 Å². The van der Waals surface area contributed by atoms with Gasteiger partial charge in [0, 0.05) is 38.3 Å². The zero-order chi connectivity index (χ0) is 24.0. The fraction of sp³-hybridized carbons (Fsp3) is 0.448. The molecule has 5 nitrogen and oxygen atoms in total. The number of fused-ring (bicyclic) bond motifs is 2. The van der Waals surface area contributed by atoms with Gasteiger partial charge in [0.05, 0.1) is 6.04 Å². The Labute approximate surface area is 222 Å². The molecule has 2 aliphatic rings. The van der Waals surface area contributed by atoms with Gasteiger partial charge in [0.15, 0.2) is 0 Å². The van der Waals surface area contributed by atoms with Gasteiger partial charge in [-0.1, -0.05) is 51.8 Å². The van der Waals surface area contributed by atoms with E-state index in [4.69, 9.17) is 14.5 Å². The van der Waals surface area contributed by atoms with Crippen molar-refractivity contribution in [1.29, 1.82) is 0 Å². The molecule has 1 saturated carbocycles. The Morgan fingerprint density at radius 2 is 1.97 bits per heavy atom. The minimum atomic E-state index is 0. The Bertz CT molecular complexity index is 1270. The van der Waals surface area contributed by atoms with Gasteiger partial charge >= 0.3 is 0 Å². The third-order valence-electron chi connectivity index (χ3n) is 6.95. The van der Waals surface area contributed by atoms with Gasteiger partial charge in [-0.25, -0.2) is 4.98 Å². The van der Waals surface area contributed by atoms with Crippen molar-refractivity contribution in [1.82, 2.24) is 4.98 Å². The Kier molecular flexibility index (Phi) is 7.29. The molecule has 0 amide bonds. The monoisotopic (exact) mass is 652 g/mol. The fourth-order valence-corrected chi connectivity index (χ4v) is 5.07. The van der Waals surface area contributed by atoms with Crippen LogP contribution in [-0.4, -0.2) is 28.1 Å².